The van der Waals surface area contributed by atoms with Crippen molar-refractivity contribution in [3.05, 3.63) is 24.3 Å². The van der Waals surface area contributed by atoms with E-state index in [1.807, 2.05) is 0 Å². The largest absolute Gasteiger partial charge is 0.243 e. The van der Waals surface area contributed by atoms with Crippen molar-refractivity contribution in [2.45, 2.75) is 29.1 Å². The van der Waals surface area contributed by atoms with Gasteiger partial charge in [-0.15, -0.1) is 12.6 Å². The average molecular weight is 257 g/mol. The standard InChI is InChI=1S/C11H15NO2S2/c13-16(14,12-8-2-1-3-9-12)11-6-4-10(15)5-7-11/h4-7,15H,1-3,8-9H2. The van der Waals surface area contributed by atoms with E-state index in [-0.39, 0.29) is 0 Å². The summed E-state index contributed by atoms with van der Waals surface area (Å²) in [5, 5.41) is 0. The maximum Gasteiger partial charge on any atom is 0.243 e. The van der Waals surface area contributed by atoms with E-state index in [0.717, 1.165) is 24.2 Å². The van der Waals surface area contributed by atoms with Gasteiger partial charge in [0.25, 0.3) is 0 Å². The molecule has 1 aliphatic heterocycles. The molecule has 2 rings (SSSR count). The summed E-state index contributed by atoms with van der Waals surface area (Å²) in [6, 6.07) is 6.65. The normalized spacial score (nSPS) is 18.6. The Morgan fingerprint density at radius 2 is 1.56 bits per heavy atom. The zero-order valence-corrected chi connectivity index (χ0v) is 10.7. The number of benzene rings is 1. The van der Waals surface area contributed by atoms with Gasteiger partial charge in [0, 0.05) is 18.0 Å². The molecule has 0 aliphatic carbocycles. The van der Waals surface area contributed by atoms with Crippen LogP contribution in [0.25, 0.3) is 0 Å². The Morgan fingerprint density at radius 1 is 1.00 bits per heavy atom. The number of hydrogen-bond acceptors (Lipinski definition) is 3. The lowest BCUT2D eigenvalue weighted by molar-refractivity contribution is 0.346. The summed E-state index contributed by atoms with van der Waals surface area (Å²) >= 11 is 4.15. The molecule has 1 fully saturated rings. The first-order valence-corrected chi connectivity index (χ1v) is 7.28. The highest BCUT2D eigenvalue weighted by Crippen LogP contribution is 2.21. The van der Waals surface area contributed by atoms with Gasteiger partial charge in [0.2, 0.25) is 10.0 Å². The summed E-state index contributed by atoms with van der Waals surface area (Å²) in [5.41, 5.74) is 0. The Bertz CT molecular complexity index is 447. The number of rotatable bonds is 2. The molecular formula is C11H15NO2S2. The van der Waals surface area contributed by atoms with Crippen LogP contribution in [0.4, 0.5) is 0 Å². The summed E-state index contributed by atoms with van der Waals surface area (Å²) in [6.07, 6.45) is 3.05. The minimum absolute atomic E-state index is 0.368. The van der Waals surface area contributed by atoms with Crippen LogP contribution < -0.4 is 0 Å². The van der Waals surface area contributed by atoms with Crippen molar-refractivity contribution >= 4 is 22.7 Å². The summed E-state index contributed by atoms with van der Waals surface area (Å²) in [6.45, 7) is 1.29. The molecule has 3 nitrogen and oxygen atoms in total. The molecule has 0 N–H and O–H groups in total. The molecule has 0 spiro atoms. The summed E-state index contributed by atoms with van der Waals surface area (Å²) in [5.74, 6) is 0. The van der Waals surface area contributed by atoms with E-state index in [4.69, 9.17) is 0 Å². The second-order valence-corrected chi connectivity index (χ2v) is 6.41. The molecule has 0 saturated carbocycles. The van der Waals surface area contributed by atoms with Gasteiger partial charge in [0.1, 0.15) is 0 Å². The summed E-state index contributed by atoms with van der Waals surface area (Å²) in [4.78, 5) is 1.14. The monoisotopic (exact) mass is 257 g/mol. The fraction of sp³-hybridized carbons (Fsp3) is 0.455. The molecule has 0 amide bonds. The van der Waals surface area contributed by atoms with Crippen molar-refractivity contribution in [1.82, 2.24) is 4.31 Å². The second-order valence-electron chi connectivity index (χ2n) is 3.96. The number of nitrogens with zero attached hydrogens (tertiary/aromatic N) is 1. The molecule has 88 valence electrons. The molecule has 5 heteroatoms. The Labute approximate surface area is 102 Å². The van der Waals surface area contributed by atoms with Gasteiger partial charge in [-0.05, 0) is 37.1 Å². The third-order valence-electron chi connectivity index (χ3n) is 2.79. The van der Waals surface area contributed by atoms with Crippen molar-refractivity contribution < 1.29 is 8.42 Å². The topological polar surface area (TPSA) is 37.4 Å². The number of piperidine rings is 1. The molecule has 0 bridgehead atoms. The Hall–Kier alpha value is -0.520. The Balaban J connectivity index is 2.27. The number of thiol groups is 1. The van der Waals surface area contributed by atoms with E-state index in [1.165, 1.54) is 0 Å². The maximum absolute atomic E-state index is 12.2. The van der Waals surface area contributed by atoms with Crippen LogP contribution in [0.3, 0.4) is 0 Å². The van der Waals surface area contributed by atoms with Gasteiger partial charge in [-0.1, -0.05) is 6.42 Å². The van der Waals surface area contributed by atoms with Crippen molar-refractivity contribution in [3.63, 3.8) is 0 Å². The van der Waals surface area contributed by atoms with Crippen molar-refractivity contribution in [2.24, 2.45) is 0 Å². The van der Waals surface area contributed by atoms with Crippen molar-refractivity contribution in [1.29, 1.82) is 0 Å². The Kier molecular flexibility index (Phi) is 3.56. The molecule has 1 saturated heterocycles. The SMILES string of the molecule is O=S(=O)(c1ccc(S)cc1)N1CCCCC1. The molecule has 1 aromatic carbocycles. The predicted octanol–water partition coefficient (Wildman–Crippen LogP) is 2.15. The van der Waals surface area contributed by atoms with Gasteiger partial charge in [-0.25, -0.2) is 8.42 Å². The summed E-state index contributed by atoms with van der Waals surface area (Å²) < 4.78 is 26.0. The molecule has 1 aromatic rings. The van der Waals surface area contributed by atoms with E-state index < -0.39 is 10.0 Å². The van der Waals surface area contributed by atoms with Crippen LogP contribution in [0.1, 0.15) is 19.3 Å². The molecule has 0 radical (unpaired) electrons. The zero-order chi connectivity index (χ0) is 11.6. The fourth-order valence-electron chi connectivity index (χ4n) is 1.87. The predicted molar refractivity (Wildman–Crippen MR) is 66.3 cm³/mol. The first-order chi connectivity index (χ1) is 7.60. The van der Waals surface area contributed by atoms with Gasteiger partial charge in [0.05, 0.1) is 4.90 Å². The smallest absolute Gasteiger partial charge is 0.207 e. The van der Waals surface area contributed by atoms with E-state index in [1.54, 1.807) is 28.6 Å². The van der Waals surface area contributed by atoms with Crippen LogP contribution in [0.5, 0.6) is 0 Å². The number of sulfonamides is 1. The van der Waals surface area contributed by atoms with Crippen molar-refractivity contribution in [3.8, 4) is 0 Å². The fourth-order valence-corrected chi connectivity index (χ4v) is 3.54. The lowest BCUT2D eigenvalue weighted by Crippen LogP contribution is -2.35. The second kappa shape index (κ2) is 4.77. The number of hydrogen-bond donors (Lipinski definition) is 1. The minimum Gasteiger partial charge on any atom is -0.207 e. The van der Waals surface area contributed by atoms with E-state index in [0.29, 0.717) is 18.0 Å². The minimum atomic E-state index is -3.28. The average Bonchev–Trinajstić information content (AvgIpc) is 2.31. The van der Waals surface area contributed by atoms with Crippen LogP contribution in [-0.4, -0.2) is 25.8 Å². The quantitative estimate of drug-likeness (QED) is 0.824. The van der Waals surface area contributed by atoms with Gasteiger partial charge >= 0.3 is 0 Å². The van der Waals surface area contributed by atoms with Crippen LogP contribution >= 0.6 is 12.6 Å². The Morgan fingerprint density at radius 3 is 2.12 bits per heavy atom. The van der Waals surface area contributed by atoms with Gasteiger partial charge < -0.3 is 0 Å². The third-order valence-corrected chi connectivity index (χ3v) is 5.00. The first kappa shape index (κ1) is 12.0. The molecule has 0 atom stereocenters. The van der Waals surface area contributed by atoms with E-state index in [2.05, 4.69) is 12.6 Å². The molecule has 1 heterocycles. The van der Waals surface area contributed by atoms with Crippen LogP contribution in [0.15, 0.2) is 34.1 Å². The molecule has 0 aromatic heterocycles. The molecule has 0 unspecified atom stereocenters. The highest BCUT2D eigenvalue weighted by molar-refractivity contribution is 7.89. The van der Waals surface area contributed by atoms with Gasteiger partial charge in [-0.2, -0.15) is 4.31 Å². The lowest BCUT2D eigenvalue weighted by atomic mass is 10.2. The van der Waals surface area contributed by atoms with Crippen LogP contribution in [0, 0.1) is 0 Å². The van der Waals surface area contributed by atoms with Crippen LogP contribution in [-0.2, 0) is 10.0 Å². The van der Waals surface area contributed by atoms with Crippen molar-refractivity contribution in [2.75, 3.05) is 13.1 Å². The molecule has 16 heavy (non-hydrogen) atoms. The highest BCUT2D eigenvalue weighted by Gasteiger charge is 2.25. The zero-order valence-electron chi connectivity index (χ0n) is 8.96. The van der Waals surface area contributed by atoms with Gasteiger partial charge in [-0.3, -0.25) is 0 Å². The third kappa shape index (κ3) is 2.42. The maximum atomic E-state index is 12.2. The molecular weight excluding hydrogens is 242 g/mol. The van der Waals surface area contributed by atoms with Gasteiger partial charge in [0.15, 0.2) is 0 Å². The lowest BCUT2D eigenvalue weighted by Gasteiger charge is -2.25. The van der Waals surface area contributed by atoms with Crippen LogP contribution in [0.2, 0.25) is 0 Å². The van der Waals surface area contributed by atoms with E-state index >= 15 is 0 Å². The first-order valence-electron chi connectivity index (χ1n) is 5.40. The van der Waals surface area contributed by atoms with E-state index in [9.17, 15) is 8.42 Å². The summed E-state index contributed by atoms with van der Waals surface area (Å²) in [7, 11) is -3.28. The highest BCUT2D eigenvalue weighted by atomic mass is 32.2. The molecule has 1 aliphatic rings.